The lowest BCUT2D eigenvalue weighted by Crippen LogP contribution is -2.53. The summed E-state index contributed by atoms with van der Waals surface area (Å²) in [5, 5.41) is 0.454. The van der Waals surface area contributed by atoms with Gasteiger partial charge in [-0.3, -0.25) is 19.0 Å². The summed E-state index contributed by atoms with van der Waals surface area (Å²) in [7, 11) is 1.51. The van der Waals surface area contributed by atoms with Crippen LogP contribution < -0.4 is 15.2 Å². The Morgan fingerprint density at radius 1 is 1.14 bits per heavy atom. The first-order chi connectivity index (χ1) is 14.1. The van der Waals surface area contributed by atoms with E-state index >= 15 is 0 Å². The summed E-state index contributed by atoms with van der Waals surface area (Å²) in [6.45, 7) is 0.500. The fourth-order valence-electron chi connectivity index (χ4n) is 3.30. The molecule has 0 unspecified atom stereocenters. The van der Waals surface area contributed by atoms with Crippen molar-refractivity contribution in [1.82, 2.24) is 19.4 Å². The van der Waals surface area contributed by atoms with Gasteiger partial charge in [-0.05, 0) is 18.2 Å². The Morgan fingerprint density at radius 2 is 1.97 bits per heavy atom. The molecule has 0 aliphatic carbocycles. The fraction of sp³-hybridized carbons (Fsp3) is 0.250. The van der Waals surface area contributed by atoms with E-state index in [1.165, 1.54) is 22.9 Å². The second-order valence-electron chi connectivity index (χ2n) is 6.61. The predicted molar refractivity (Wildman–Crippen MR) is 106 cm³/mol. The Hall–Kier alpha value is -3.75. The molecular formula is C20H19N5O4. The van der Waals surface area contributed by atoms with Crippen LogP contribution in [-0.4, -0.2) is 58.0 Å². The van der Waals surface area contributed by atoms with E-state index in [9.17, 15) is 14.4 Å². The van der Waals surface area contributed by atoms with Crippen molar-refractivity contribution in [2.75, 3.05) is 31.6 Å². The van der Waals surface area contributed by atoms with Gasteiger partial charge < -0.3 is 14.5 Å². The number of ether oxygens (including phenoxy) is 1. The van der Waals surface area contributed by atoms with E-state index in [0.717, 1.165) is 0 Å². The van der Waals surface area contributed by atoms with Gasteiger partial charge in [-0.25, -0.2) is 9.97 Å². The fourth-order valence-corrected chi connectivity index (χ4v) is 3.30. The highest BCUT2D eigenvalue weighted by molar-refractivity contribution is 5.98. The van der Waals surface area contributed by atoms with Crippen molar-refractivity contribution in [2.24, 2.45) is 0 Å². The Balaban J connectivity index is 1.47. The normalized spacial score (nSPS) is 14.3. The van der Waals surface area contributed by atoms with Gasteiger partial charge in [0.05, 0.1) is 30.0 Å². The molecule has 1 aromatic carbocycles. The average molecular weight is 393 g/mol. The summed E-state index contributed by atoms with van der Waals surface area (Å²) in [5.74, 6) is -0.0942. The molecule has 1 fully saturated rings. The van der Waals surface area contributed by atoms with Crippen LogP contribution in [-0.2, 0) is 16.1 Å². The number of carbonyl (C=O) groups excluding carboxylic acids is 2. The SMILES string of the molecule is COc1cc(N2CCN(C(=O)Cn3cnc4ccccc4c3=O)CC2=O)ccn1. The van der Waals surface area contributed by atoms with Crippen molar-refractivity contribution in [3.8, 4) is 5.88 Å². The number of anilines is 1. The number of para-hydroxylation sites is 1. The minimum Gasteiger partial charge on any atom is -0.481 e. The summed E-state index contributed by atoms with van der Waals surface area (Å²) in [4.78, 5) is 49.2. The zero-order valence-corrected chi connectivity index (χ0v) is 15.8. The molecule has 148 valence electrons. The van der Waals surface area contributed by atoms with Crippen molar-refractivity contribution in [2.45, 2.75) is 6.54 Å². The maximum atomic E-state index is 12.7. The Kier molecular flexibility index (Phi) is 4.94. The van der Waals surface area contributed by atoms with E-state index in [1.807, 2.05) is 0 Å². The molecule has 0 bridgehead atoms. The molecule has 29 heavy (non-hydrogen) atoms. The number of hydrogen-bond acceptors (Lipinski definition) is 6. The van der Waals surface area contributed by atoms with Crippen LogP contribution in [0.3, 0.4) is 0 Å². The van der Waals surface area contributed by atoms with E-state index in [4.69, 9.17) is 4.74 Å². The number of benzene rings is 1. The zero-order chi connectivity index (χ0) is 20.4. The second kappa shape index (κ2) is 7.70. The molecule has 0 atom stereocenters. The van der Waals surface area contributed by atoms with E-state index in [-0.39, 0.29) is 30.5 Å². The van der Waals surface area contributed by atoms with Crippen LogP contribution in [0.2, 0.25) is 0 Å². The van der Waals surface area contributed by atoms with Gasteiger partial charge in [-0.1, -0.05) is 12.1 Å². The van der Waals surface area contributed by atoms with Gasteiger partial charge in [-0.2, -0.15) is 0 Å². The predicted octanol–water partition coefficient (Wildman–Crippen LogP) is 0.675. The van der Waals surface area contributed by atoms with Crippen molar-refractivity contribution in [3.05, 3.63) is 59.3 Å². The second-order valence-corrected chi connectivity index (χ2v) is 6.61. The van der Waals surface area contributed by atoms with E-state index in [2.05, 4.69) is 9.97 Å². The highest BCUT2D eigenvalue weighted by Crippen LogP contribution is 2.20. The van der Waals surface area contributed by atoms with Crippen molar-refractivity contribution in [3.63, 3.8) is 0 Å². The molecule has 3 aromatic rings. The Bertz CT molecular complexity index is 1140. The first-order valence-electron chi connectivity index (χ1n) is 9.09. The van der Waals surface area contributed by atoms with E-state index in [0.29, 0.717) is 35.6 Å². The highest BCUT2D eigenvalue weighted by Gasteiger charge is 2.28. The Labute approximate surface area is 166 Å². The number of aromatic nitrogens is 3. The lowest BCUT2D eigenvalue weighted by atomic mass is 10.2. The number of fused-ring (bicyclic) bond motifs is 1. The molecule has 1 aliphatic rings. The summed E-state index contributed by atoms with van der Waals surface area (Å²) >= 11 is 0. The molecule has 4 rings (SSSR count). The quantitative estimate of drug-likeness (QED) is 0.646. The first kappa shape index (κ1) is 18.6. The number of nitrogens with zero attached hydrogens (tertiary/aromatic N) is 5. The molecule has 9 nitrogen and oxygen atoms in total. The number of piperazine rings is 1. The van der Waals surface area contributed by atoms with Crippen LogP contribution in [0.15, 0.2) is 53.7 Å². The third kappa shape index (κ3) is 3.66. The van der Waals surface area contributed by atoms with Gasteiger partial charge in [0.1, 0.15) is 13.1 Å². The molecule has 0 N–H and O–H groups in total. The van der Waals surface area contributed by atoms with Crippen LogP contribution in [0.4, 0.5) is 5.69 Å². The van der Waals surface area contributed by atoms with Crippen molar-refractivity contribution < 1.29 is 14.3 Å². The summed E-state index contributed by atoms with van der Waals surface area (Å²) in [6, 6.07) is 10.4. The van der Waals surface area contributed by atoms with E-state index in [1.54, 1.807) is 47.5 Å². The van der Waals surface area contributed by atoms with Gasteiger partial charge in [-0.15, -0.1) is 0 Å². The summed E-state index contributed by atoms with van der Waals surface area (Å²) < 4.78 is 6.37. The van der Waals surface area contributed by atoms with Gasteiger partial charge in [0.2, 0.25) is 17.7 Å². The monoisotopic (exact) mass is 393 g/mol. The molecule has 9 heteroatoms. The van der Waals surface area contributed by atoms with Crippen LogP contribution >= 0.6 is 0 Å². The third-order valence-electron chi connectivity index (χ3n) is 4.85. The largest absolute Gasteiger partial charge is 0.481 e. The zero-order valence-electron chi connectivity index (χ0n) is 15.8. The van der Waals surface area contributed by atoms with Crippen LogP contribution in [0.1, 0.15) is 0 Å². The first-order valence-corrected chi connectivity index (χ1v) is 9.09. The number of hydrogen-bond donors (Lipinski definition) is 0. The number of methoxy groups -OCH3 is 1. The van der Waals surface area contributed by atoms with Crippen molar-refractivity contribution in [1.29, 1.82) is 0 Å². The maximum absolute atomic E-state index is 12.7. The average Bonchev–Trinajstić information content (AvgIpc) is 2.75. The van der Waals surface area contributed by atoms with Gasteiger partial charge >= 0.3 is 0 Å². The molecule has 0 spiro atoms. The minimum absolute atomic E-state index is 0.0563. The molecule has 0 radical (unpaired) electrons. The summed E-state index contributed by atoms with van der Waals surface area (Å²) in [6.07, 6.45) is 2.93. The molecule has 2 amide bonds. The van der Waals surface area contributed by atoms with Gasteiger partial charge in [0.15, 0.2) is 0 Å². The van der Waals surface area contributed by atoms with Gasteiger partial charge in [0, 0.05) is 25.4 Å². The lowest BCUT2D eigenvalue weighted by Gasteiger charge is -2.34. The standard InChI is InChI=1S/C20H19N5O4/c1-29-17-10-14(6-7-21-17)25-9-8-23(12-19(25)27)18(26)11-24-13-22-16-5-3-2-4-15(16)20(24)28/h2-7,10,13H,8-9,11-12H2,1H3. The van der Waals surface area contributed by atoms with Crippen LogP contribution in [0.5, 0.6) is 5.88 Å². The molecule has 3 heterocycles. The number of pyridine rings is 1. The number of carbonyl (C=O) groups is 2. The molecule has 2 aromatic heterocycles. The summed E-state index contributed by atoms with van der Waals surface area (Å²) in [5.41, 5.74) is 0.972. The molecule has 0 saturated carbocycles. The minimum atomic E-state index is -0.301. The number of rotatable bonds is 4. The Morgan fingerprint density at radius 3 is 2.76 bits per heavy atom. The molecule has 1 aliphatic heterocycles. The van der Waals surface area contributed by atoms with Crippen molar-refractivity contribution >= 4 is 28.4 Å². The van der Waals surface area contributed by atoms with Crippen LogP contribution in [0, 0.1) is 0 Å². The maximum Gasteiger partial charge on any atom is 0.261 e. The van der Waals surface area contributed by atoms with Gasteiger partial charge in [0.25, 0.3) is 5.56 Å². The van der Waals surface area contributed by atoms with E-state index < -0.39 is 0 Å². The van der Waals surface area contributed by atoms with Crippen LogP contribution in [0.25, 0.3) is 10.9 Å². The number of amides is 2. The third-order valence-corrected chi connectivity index (χ3v) is 4.85. The topological polar surface area (TPSA) is 97.6 Å². The molecule has 1 saturated heterocycles. The lowest BCUT2D eigenvalue weighted by molar-refractivity contribution is -0.137. The molecular weight excluding hydrogens is 374 g/mol. The smallest absolute Gasteiger partial charge is 0.261 e. The highest BCUT2D eigenvalue weighted by atomic mass is 16.5.